The predicted octanol–water partition coefficient (Wildman–Crippen LogP) is 3.49. The summed E-state index contributed by atoms with van der Waals surface area (Å²) in [5.74, 6) is -0.165. The van der Waals surface area contributed by atoms with Crippen molar-refractivity contribution in [2.45, 2.75) is 25.6 Å². The van der Waals surface area contributed by atoms with Crippen LogP contribution in [0.5, 0.6) is 0 Å². The Labute approximate surface area is 125 Å². The first kappa shape index (κ1) is 14.2. The van der Waals surface area contributed by atoms with E-state index in [1.807, 2.05) is 13.1 Å². The zero-order valence-corrected chi connectivity index (χ0v) is 12.3. The molecule has 1 atom stereocenters. The van der Waals surface area contributed by atoms with E-state index >= 15 is 0 Å². The van der Waals surface area contributed by atoms with Gasteiger partial charge < -0.3 is 5.32 Å². The highest BCUT2D eigenvalue weighted by Gasteiger charge is 2.19. The number of fused-ring (bicyclic) bond motifs is 1. The van der Waals surface area contributed by atoms with Crippen molar-refractivity contribution in [3.05, 3.63) is 71.0 Å². The Morgan fingerprint density at radius 1 is 1.10 bits per heavy atom. The molecular formula is C18H21FN2. The van der Waals surface area contributed by atoms with Gasteiger partial charge in [0.05, 0.1) is 0 Å². The molecule has 0 bridgehead atoms. The molecule has 1 N–H and O–H groups in total. The molecule has 0 fully saturated rings. The van der Waals surface area contributed by atoms with E-state index in [-0.39, 0.29) is 11.9 Å². The maximum atomic E-state index is 13.3. The largest absolute Gasteiger partial charge is 0.313 e. The number of nitrogens with zero attached hydrogens (tertiary/aromatic N) is 1. The van der Waals surface area contributed by atoms with E-state index in [0.29, 0.717) is 0 Å². The van der Waals surface area contributed by atoms with Gasteiger partial charge in [-0.25, -0.2) is 4.39 Å². The van der Waals surface area contributed by atoms with Crippen LogP contribution in [0.15, 0.2) is 48.5 Å². The van der Waals surface area contributed by atoms with Gasteiger partial charge in [-0.3, -0.25) is 4.90 Å². The van der Waals surface area contributed by atoms with Gasteiger partial charge in [0.2, 0.25) is 0 Å². The molecule has 0 saturated heterocycles. The molecular weight excluding hydrogens is 263 g/mol. The third kappa shape index (κ3) is 3.31. The topological polar surface area (TPSA) is 15.3 Å². The molecule has 0 spiro atoms. The fraction of sp³-hybridized carbons (Fsp3) is 0.333. The molecule has 110 valence electrons. The third-order valence-electron chi connectivity index (χ3n) is 4.24. The summed E-state index contributed by atoms with van der Waals surface area (Å²) in [5, 5.41) is 3.30. The van der Waals surface area contributed by atoms with Crippen molar-refractivity contribution in [3.8, 4) is 0 Å². The molecule has 1 heterocycles. The number of hydrogen-bond donors (Lipinski definition) is 1. The van der Waals surface area contributed by atoms with Gasteiger partial charge >= 0.3 is 0 Å². The number of nitrogens with one attached hydrogen (secondary N) is 1. The molecule has 3 heteroatoms. The molecule has 0 aliphatic carbocycles. The van der Waals surface area contributed by atoms with Gasteiger partial charge in [0.25, 0.3) is 0 Å². The van der Waals surface area contributed by atoms with Gasteiger partial charge in [-0.1, -0.05) is 36.4 Å². The second-order valence-electron chi connectivity index (χ2n) is 5.66. The lowest BCUT2D eigenvalue weighted by Gasteiger charge is -2.21. The Morgan fingerprint density at radius 2 is 1.81 bits per heavy atom. The average Bonchev–Trinajstić information content (AvgIpc) is 2.91. The summed E-state index contributed by atoms with van der Waals surface area (Å²) in [4.78, 5) is 2.45. The molecule has 1 unspecified atom stereocenters. The van der Waals surface area contributed by atoms with Crippen molar-refractivity contribution in [2.75, 3.05) is 13.6 Å². The molecule has 0 radical (unpaired) electrons. The van der Waals surface area contributed by atoms with Gasteiger partial charge in [-0.05, 0) is 42.3 Å². The quantitative estimate of drug-likeness (QED) is 0.904. The molecule has 0 amide bonds. The minimum Gasteiger partial charge on any atom is -0.313 e. The Balaban J connectivity index is 1.60. The van der Waals surface area contributed by atoms with Crippen LogP contribution in [-0.2, 0) is 13.1 Å². The Bertz CT molecular complexity index is 587. The van der Waals surface area contributed by atoms with Gasteiger partial charge in [0.15, 0.2) is 0 Å². The fourth-order valence-corrected chi connectivity index (χ4v) is 3.07. The van der Waals surface area contributed by atoms with E-state index in [1.165, 1.54) is 17.2 Å². The Kier molecular flexibility index (Phi) is 4.32. The summed E-state index contributed by atoms with van der Waals surface area (Å²) in [5.41, 5.74) is 3.89. The molecule has 3 rings (SSSR count). The zero-order valence-electron chi connectivity index (χ0n) is 12.3. The van der Waals surface area contributed by atoms with E-state index in [9.17, 15) is 4.39 Å². The molecule has 21 heavy (non-hydrogen) atoms. The highest BCUT2D eigenvalue weighted by molar-refractivity contribution is 5.30. The lowest BCUT2D eigenvalue weighted by molar-refractivity contribution is 0.266. The minimum atomic E-state index is -0.165. The van der Waals surface area contributed by atoms with Crippen molar-refractivity contribution >= 4 is 0 Å². The van der Waals surface area contributed by atoms with Crippen molar-refractivity contribution in [2.24, 2.45) is 0 Å². The lowest BCUT2D eigenvalue weighted by atomic mass is 10.0. The first-order chi connectivity index (χ1) is 10.3. The minimum absolute atomic E-state index is 0.165. The van der Waals surface area contributed by atoms with Gasteiger partial charge in [-0.2, -0.15) is 0 Å². The summed E-state index contributed by atoms with van der Waals surface area (Å²) in [7, 11) is 1.94. The molecule has 2 aromatic carbocycles. The van der Waals surface area contributed by atoms with Crippen molar-refractivity contribution in [1.82, 2.24) is 10.2 Å². The summed E-state index contributed by atoms with van der Waals surface area (Å²) in [6.45, 7) is 3.06. The maximum Gasteiger partial charge on any atom is 0.123 e. The second kappa shape index (κ2) is 6.37. The first-order valence-corrected chi connectivity index (χ1v) is 7.48. The fourth-order valence-electron chi connectivity index (χ4n) is 3.07. The van der Waals surface area contributed by atoms with Crippen molar-refractivity contribution < 1.29 is 4.39 Å². The summed E-state index contributed by atoms with van der Waals surface area (Å²) in [6.07, 6.45) is 0.980. The maximum absolute atomic E-state index is 13.3. The first-order valence-electron chi connectivity index (χ1n) is 7.48. The Hall–Kier alpha value is -1.71. The zero-order chi connectivity index (χ0) is 14.7. The van der Waals surface area contributed by atoms with Crippen LogP contribution < -0.4 is 5.32 Å². The molecule has 0 saturated carbocycles. The van der Waals surface area contributed by atoms with Gasteiger partial charge in [0.1, 0.15) is 5.82 Å². The number of halogens is 1. The monoisotopic (exact) mass is 284 g/mol. The highest BCUT2D eigenvalue weighted by Crippen LogP contribution is 2.24. The van der Waals surface area contributed by atoms with E-state index < -0.39 is 0 Å². The van der Waals surface area contributed by atoms with Crippen LogP contribution in [0.4, 0.5) is 4.39 Å². The second-order valence-corrected chi connectivity index (χ2v) is 5.66. The normalized spacial score (nSPS) is 15.9. The van der Waals surface area contributed by atoms with E-state index in [1.54, 1.807) is 12.1 Å². The van der Waals surface area contributed by atoms with Crippen LogP contribution in [-0.4, -0.2) is 18.5 Å². The molecule has 0 aromatic heterocycles. The van der Waals surface area contributed by atoms with E-state index in [0.717, 1.165) is 31.6 Å². The van der Waals surface area contributed by atoms with E-state index in [2.05, 4.69) is 34.5 Å². The summed E-state index contributed by atoms with van der Waals surface area (Å²) < 4.78 is 13.3. The molecule has 1 aliphatic rings. The third-order valence-corrected chi connectivity index (χ3v) is 4.24. The lowest BCUT2D eigenvalue weighted by Crippen LogP contribution is -2.24. The Morgan fingerprint density at radius 3 is 2.43 bits per heavy atom. The SMILES string of the molecule is CNC(CCN1Cc2ccccc2C1)c1cccc(F)c1. The van der Waals surface area contributed by atoms with E-state index in [4.69, 9.17) is 0 Å². The van der Waals surface area contributed by atoms with Crippen LogP contribution in [0.1, 0.15) is 29.2 Å². The summed E-state index contributed by atoms with van der Waals surface area (Å²) in [6, 6.07) is 15.7. The molecule has 2 nitrogen and oxygen atoms in total. The smallest absolute Gasteiger partial charge is 0.123 e. The highest BCUT2D eigenvalue weighted by atomic mass is 19.1. The van der Waals surface area contributed by atoms with Crippen LogP contribution in [0.25, 0.3) is 0 Å². The molecule has 1 aliphatic heterocycles. The average molecular weight is 284 g/mol. The van der Waals surface area contributed by atoms with Gasteiger partial charge in [0, 0.05) is 25.7 Å². The van der Waals surface area contributed by atoms with Crippen LogP contribution >= 0.6 is 0 Å². The molecule has 2 aromatic rings. The van der Waals surface area contributed by atoms with Gasteiger partial charge in [-0.15, -0.1) is 0 Å². The predicted molar refractivity (Wildman–Crippen MR) is 83.4 cm³/mol. The van der Waals surface area contributed by atoms with Crippen molar-refractivity contribution in [1.29, 1.82) is 0 Å². The summed E-state index contributed by atoms with van der Waals surface area (Å²) >= 11 is 0. The standard InChI is InChI=1S/C18H21FN2/c1-20-18(14-7-4-8-17(19)11-14)9-10-21-12-15-5-2-3-6-16(15)13-21/h2-8,11,18,20H,9-10,12-13H2,1H3. The van der Waals surface area contributed by atoms with Crippen LogP contribution in [0, 0.1) is 5.82 Å². The van der Waals surface area contributed by atoms with Crippen LogP contribution in [0.3, 0.4) is 0 Å². The number of rotatable bonds is 5. The number of benzene rings is 2. The van der Waals surface area contributed by atoms with Crippen molar-refractivity contribution in [3.63, 3.8) is 0 Å². The van der Waals surface area contributed by atoms with Crippen LogP contribution in [0.2, 0.25) is 0 Å². The number of hydrogen-bond acceptors (Lipinski definition) is 2.